The molecule has 0 amide bonds. The second-order valence-electron chi connectivity index (χ2n) is 4.90. The van der Waals surface area contributed by atoms with Crippen LogP contribution in [0.5, 0.6) is 5.88 Å². The predicted molar refractivity (Wildman–Crippen MR) is 69.8 cm³/mol. The van der Waals surface area contributed by atoms with Crippen molar-refractivity contribution < 1.29 is 9.84 Å². The van der Waals surface area contributed by atoms with Gasteiger partial charge in [0, 0.05) is 12.6 Å². The normalized spacial score (nSPS) is 23.7. The van der Waals surface area contributed by atoms with Crippen LogP contribution in [-0.2, 0) is 0 Å². The molecule has 0 aliphatic heterocycles. The lowest BCUT2D eigenvalue weighted by Crippen LogP contribution is -2.23. The fourth-order valence-corrected chi connectivity index (χ4v) is 2.33. The summed E-state index contributed by atoms with van der Waals surface area (Å²) in [5.74, 6) is 2.72. The lowest BCUT2D eigenvalue weighted by molar-refractivity contribution is 0.111. The number of nitrogens with zero attached hydrogens (tertiary/aromatic N) is 2. The van der Waals surface area contributed by atoms with E-state index in [0.717, 1.165) is 38.0 Å². The molecule has 1 aliphatic rings. The number of aryl methyl sites for hydroxylation is 1. The van der Waals surface area contributed by atoms with Crippen molar-refractivity contribution in [2.75, 3.05) is 19.0 Å². The summed E-state index contributed by atoms with van der Waals surface area (Å²) in [6.07, 6.45) is 3.89. The summed E-state index contributed by atoms with van der Waals surface area (Å²) in [5, 5.41) is 12.8. The Hall–Kier alpha value is -1.36. The second kappa shape index (κ2) is 6.00. The van der Waals surface area contributed by atoms with Gasteiger partial charge in [0.15, 0.2) is 0 Å². The molecule has 100 valence electrons. The van der Waals surface area contributed by atoms with Crippen LogP contribution in [0.4, 0.5) is 5.82 Å². The van der Waals surface area contributed by atoms with Gasteiger partial charge in [-0.05, 0) is 38.5 Å². The van der Waals surface area contributed by atoms with Crippen LogP contribution in [0.15, 0.2) is 6.07 Å². The van der Waals surface area contributed by atoms with Crippen LogP contribution < -0.4 is 10.1 Å². The van der Waals surface area contributed by atoms with Crippen LogP contribution in [-0.4, -0.2) is 34.8 Å². The van der Waals surface area contributed by atoms with E-state index in [2.05, 4.69) is 15.3 Å². The van der Waals surface area contributed by atoms with Crippen molar-refractivity contribution in [3.8, 4) is 5.88 Å². The van der Waals surface area contributed by atoms with Crippen molar-refractivity contribution >= 4 is 5.82 Å². The minimum absolute atomic E-state index is 0.0948. The monoisotopic (exact) mass is 251 g/mol. The lowest BCUT2D eigenvalue weighted by Gasteiger charge is -2.25. The van der Waals surface area contributed by atoms with Crippen LogP contribution in [0.3, 0.4) is 0 Å². The van der Waals surface area contributed by atoms with Gasteiger partial charge in [-0.2, -0.15) is 4.98 Å². The Morgan fingerprint density at radius 1 is 1.33 bits per heavy atom. The van der Waals surface area contributed by atoms with Crippen molar-refractivity contribution in [3.63, 3.8) is 0 Å². The van der Waals surface area contributed by atoms with E-state index >= 15 is 0 Å². The highest BCUT2D eigenvalue weighted by atomic mass is 16.5. The van der Waals surface area contributed by atoms with Gasteiger partial charge in [-0.25, -0.2) is 4.98 Å². The molecule has 2 rings (SSSR count). The van der Waals surface area contributed by atoms with Crippen LogP contribution in [0.1, 0.15) is 31.5 Å². The number of nitrogens with one attached hydrogen (secondary N) is 1. The molecule has 18 heavy (non-hydrogen) atoms. The van der Waals surface area contributed by atoms with Gasteiger partial charge in [0.25, 0.3) is 0 Å². The summed E-state index contributed by atoms with van der Waals surface area (Å²) in [5.41, 5.74) is 0. The van der Waals surface area contributed by atoms with Gasteiger partial charge in [-0.15, -0.1) is 0 Å². The fourth-order valence-electron chi connectivity index (χ4n) is 2.33. The molecule has 1 aromatic rings. The van der Waals surface area contributed by atoms with E-state index < -0.39 is 0 Å². The predicted octanol–water partition coefficient (Wildman–Crippen LogP) is 1.76. The standard InChI is InChI=1S/C13H21N3O2/c1-9-15-12(7-13(16-9)18-2)14-8-10-3-5-11(17)6-4-10/h7,10-11,17H,3-6,8H2,1-2H3,(H,14,15,16). The third kappa shape index (κ3) is 3.57. The molecule has 0 radical (unpaired) electrons. The summed E-state index contributed by atoms with van der Waals surface area (Å²) in [6.45, 7) is 2.75. The highest BCUT2D eigenvalue weighted by molar-refractivity contribution is 5.38. The third-order valence-corrected chi connectivity index (χ3v) is 3.41. The third-order valence-electron chi connectivity index (χ3n) is 3.41. The Kier molecular flexibility index (Phi) is 4.36. The fraction of sp³-hybridized carbons (Fsp3) is 0.692. The van der Waals surface area contributed by atoms with Gasteiger partial charge in [-0.1, -0.05) is 0 Å². The molecule has 0 saturated heterocycles. The van der Waals surface area contributed by atoms with Gasteiger partial charge in [-0.3, -0.25) is 0 Å². The van der Waals surface area contributed by atoms with Gasteiger partial charge in [0.2, 0.25) is 5.88 Å². The number of methoxy groups -OCH3 is 1. The van der Waals surface area contributed by atoms with E-state index in [4.69, 9.17) is 4.74 Å². The average molecular weight is 251 g/mol. The highest BCUT2D eigenvalue weighted by Crippen LogP contribution is 2.24. The number of aromatic nitrogens is 2. The van der Waals surface area contributed by atoms with Crippen molar-refractivity contribution in [2.24, 2.45) is 5.92 Å². The molecule has 1 heterocycles. The number of ether oxygens (including phenoxy) is 1. The zero-order valence-corrected chi connectivity index (χ0v) is 11.0. The number of aliphatic hydroxyl groups excluding tert-OH is 1. The highest BCUT2D eigenvalue weighted by Gasteiger charge is 2.19. The lowest BCUT2D eigenvalue weighted by atomic mass is 9.87. The molecule has 5 nitrogen and oxygen atoms in total. The molecule has 0 bridgehead atoms. The van der Waals surface area contributed by atoms with Crippen LogP contribution in [0, 0.1) is 12.8 Å². The summed E-state index contributed by atoms with van der Waals surface area (Å²) < 4.78 is 5.12. The molecular weight excluding hydrogens is 230 g/mol. The summed E-state index contributed by atoms with van der Waals surface area (Å²) in [4.78, 5) is 8.48. The van der Waals surface area contributed by atoms with E-state index in [1.165, 1.54) is 0 Å². The van der Waals surface area contributed by atoms with Crippen molar-refractivity contribution in [1.82, 2.24) is 9.97 Å². The minimum Gasteiger partial charge on any atom is -0.481 e. The maximum atomic E-state index is 9.46. The minimum atomic E-state index is -0.0948. The van der Waals surface area contributed by atoms with Crippen molar-refractivity contribution in [2.45, 2.75) is 38.7 Å². The van der Waals surface area contributed by atoms with Crippen molar-refractivity contribution in [1.29, 1.82) is 0 Å². The zero-order chi connectivity index (χ0) is 13.0. The molecule has 1 saturated carbocycles. The first kappa shape index (κ1) is 13.1. The topological polar surface area (TPSA) is 67.3 Å². The SMILES string of the molecule is COc1cc(NCC2CCC(O)CC2)nc(C)n1. The number of anilines is 1. The van der Waals surface area contributed by atoms with E-state index in [-0.39, 0.29) is 6.10 Å². The van der Waals surface area contributed by atoms with E-state index in [1.807, 2.05) is 13.0 Å². The summed E-state index contributed by atoms with van der Waals surface area (Å²) in [7, 11) is 1.61. The first-order chi connectivity index (χ1) is 8.67. The average Bonchev–Trinajstić information content (AvgIpc) is 2.37. The van der Waals surface area contributed by atoms with Gasteiger partial charge >= 0.3 is 0 Å². The summed E-state index contributed by atoms with van der Waals surface area (Å²) >= 11 is 0. The number of rotatable bonds is 4. The quantitative estimate of drug-likeness (QED) is 0.853. The molecule has 1 aromatic heterocycles. The van der Waals surface area contributed by atoms with E-state index in [9.17, 15) is 5.11 Å². The maximum Gasteiger partial charge on any atom is 0.218 e. The van der Waals surface area contributed by atoms with Gasteiger partial charge < -0.3 is 15.2 Å². The first-order valence-electron chi connectivity index (χ1n) is 6.49. The molecule has 0 spiro atoms. The Balaban J connectivity index is 1.88. The van der Waals surface area contributed by atoms with Gasteiger partial charge in [0.1, 0.15) is 11.6 Å². The molecule has 2 N–H and O–H groups in total. The maximum absolute atomic E-state index is 9.46. The first-order valence-corrected chi connectivity index (χ1v) is 6.49. The molecular formula is C13H21N3O2. The van der Waals surface area contributed by atoms with Crippen LogP contribution >= 0.6 is 0 Å². The van der Waals surface area contributed by atoms with Crippen LogP contribution in [0.25, 0.3) is 0 Å². The Labute approximate surface area is 108 Å². The Morgan fingerprint density at radius 2 is 2.06 bits per heavy atom. The second-order valence-corrected chi connectivity index (χ2v) is 4.90. The molecule has 5 heteroatoms. The Bertz CT molecular complexity index is 390. The Morgan fingerprint density at radius 3 is 2.72 bits per heavy atom. The molecule has 0 atom stereocenters. The number of hydrogen-bond donors (Lipinski definition) is 2. The smallest absolute Gasteiger partial charge is 0.218 e. The zero-order valence-electron chi connectivity index (χ0n) is 11.0. The van der Waals surface area contributed by atoms with E-state index in [1.54, 1.807) is 7.11 Å². The van der Waals surface area contributed by atoms with Crippen LogP contribution in [0.2, 0.25) is 0 Å². The molecule has 0 aromatic carbocycles. The van der Waals surface area contributed by atoms with Gasteiger partial charge in [0.05, 0.1) is 13.2 Å². The molecule has 0 unspecified atom stereocenters. The molecule has 1 aliphatic carbocycles. The summed E-state index contributed by atoms with van der Waals surface area (Å²) in [6, 6.07) is 1.81. The molecule has 1 fully saturated rings. The number of hydrogen-bond acceptors (Lipinski definition) is 5. The largest absolute Gasteiger partial charge is 0.481 e. The van der Waals surface area contributed by atoms with Crippen molar-refractivity contribution in [3.05, 3.63) is 11.9 Å². The number of aliphatic hydroxyl groups is 1. The van der Waals surface area contributed by atoms with E-state index in [0.29, 0.717) is 17.6 Å².